The Morgan fingerprint density at radius 3 is 2.28 bits per heavy atom. The number of aliphatic imine (C=N–C) groups is 1. The summed E-state index contributed by atoms with van der Waals surface area (Å²) in [7, 11) is 0. The lowest BCUT2D eigenvalue weighted by molar-refractivity contribution is 0.330. The summed E-state index contributed by atoms with van der Waals surface area (Å²) in [6, 6.07) is 0. The van der Waals surface area contributed by atoms with E-state index in [4.69, 9.17) is 5.84 Å². The number of hydrazine groups is 1. The molecule has 0 aromatic heterocycles. The summed E-state index contributed by atoms with van der Waals surface area (Å²) in [6.07, 6.45) is 12.9. The normalized spacial score (nSPS) is 11.6. The molecule has 0 aromatic rings. The van der Waals surface area contributed by atoms with E-state index >= 15 is 0 Å². The van der Waals surface area contributed by atoms with Gasteiger partial charge in [-0.2, -0.15) is 0 Å². The number of hydrogen-bond acceptors (Lipinski definition) is 3. The van der Waals surface area contributed by atoms with Crippen molar-refractivity contribution in [2.45, 2.75) is 71.6 Å². The monoisotopic (exact) mass is 253 g/mol. The molecule has 3 heteroatoms. The third-order valence-electron chi connectivity index (χ3n) is 3.15. The van der Waals surface area contributed by atoms with E-state index in [9.17, 15) is 0 Å². The first-order valence-electron chi connectivity index (χ1n) is 7.43. The largest absolute Gasteiger partial charge is 0.314 e. The van der Waals surface area contributed by atoms with Crippen molar-refractivity contribution < 1.29 is 0 Å². The topological polar surface area (TPSA) is 41.6 Å². The van der Waals surface area contributed by atoms with Crippen molar-refractivity contribution in [1.82, 2.24) is 5.01 Å². The van der Waals surface area contributed by atoms with Crippen LogP contribution < -0.4 is 5.84 Å². The number of nitrogens with two attached hydrogens (primary N) is 1. The van der Waals surface area contributed by atoms with E-state index in [-0.39, 0.29) is 0 Å². The molecule has 0 rings (SSSR count). The first-order valence-corrected chi connectivity index (χ1v) is 7.43. The van der Waals surface area contributed by atoms with Crippen LogP contribution in [0.4, 0.5) is 0 Å². The molecule has 0 aliphatic heterocycles. The van der Waals surface area contributed by atoms with Crippen LogP contribution in [0.25, 0.3) is 0 Å². The Bertz CT molecular complexity index is 224. The molecule has 106 valence electrons. The number of nitrogens with zero attached hydrogens (tertiary/aromatic N) is 2. The Morgan fingerprint density at radius 2 is 1.67 bits per heavy atom. The third-order valence-corrected chi connectivity index (χ3v) is 3.15. The first kappa shape index (κ1) is 17.2. The summed E-state index contributed by atoms with van der Waals surface area (Å²) in [6.45, 7) is 8.87. The summed E-state index contributed by atoms with van der Waals surface area (Å²) in [5.74, 6) is 6.06. The van der Waals surface area contributed by atoms with Gasteiger partial charge in [-0.15, -0.1) is 0 Å². The van der Waals surface area contributed by atoms with Gasteiger partial charge in [0.25, 0.3) is 0 Å². The lowest BCUT2D eigenvalue weighted by atomic mass is 10.1. The molecule has 0 saturated carbocycles. The van der Waals surface area contributed by atoms with E-state index in [0.29, 0.717) is 0 Å². The van der Waals surface area contributed by atoms with E-state index < -0.39 is 0 Å². The molecule has 0 spiro atoms. The maximum atomic E-state index is 6.06. The van der Waals surface area contributed by atoms with Gasteiger partial charge in [-0.3, -0.25) is 4.99 Å². The van der Waals surface area contributed by atoms with Gasteiger partial charge in [-0.1, -0.05) is 52.4 Å². The fourth-order valence-electron chi connectivity index (χ4n) is 1.95. The van der Waals surface area contributed by atoms with Crippen LogP contribution in [0.3, 0.4) is 0 Å². The van der Waals surface area contributed by atoms with Gasteiger partial charge in [0.2, 0.25) is 0 Å². The molecule has 0 bridgehead atoms. The second-order valence-corrected chi connectivity index (χ2v) is 4.87. The molecule has 0 saturated heterocycles. The molecule has 3 nitrogen and oxygen atoms in total. The van der Waals surface area contributed by atoms with E-state index in [1.807, 2.05) is 5.01 Å². The molecular formula is C15H31N3. The van der Waals surface area contributed by atoms with Crippen molar-refractivity contribution in [3.63, 3.8) is 0 Å². The predicted octanol–water partition coefficient (Wildman–Crippen LogP) is 4.25. The van der Waals surface area contributed by atoms with Crippen LogP contribution in [0.5, 0.6) is 0 Å². The van der Waals surface area contributed by atoms with Crippen LogP contribution in [0, 0.1) is 0 Å². The number of allylic oxidation sites excluding steroid dienone is 1. The van der Waals surface area contributed by atoms with Crippen molar-refractivity contribution in [2.24, 2.45) is 10.8 Å². The van der Waals surface area contributed by atoms with Crippen LogP contribution in [-0.4, -0.2) is 18.3 Å². The van der Waals surface area contributed by atoms with Crippen molar-refractivity contribution in [3.8, 4) is 0 Å². The summed E-state index contributed by atoms with van der Waals surface area (Å²) in [4.78, 5) is 3.85. The molecule has 0 aromatic carbocycles. The molecule has 0 radical (unpaired) electrons. The Balaban J connectivity index is 3.78. The Morgan fingerprint density at radius 1 is 1.06 bits per heavy atom. The predicted molar refractivity (Wildman–Crippen MR) is 81.4 cm³/mol. The summed E-state index contributed by atoms with van der Waals surface area (Å²) >= 11 is 0. The van der Waals surface area contributed by atoms with Gasteiger partial charge in [0.1, 0.15) is 0 Å². The van der Waals surface area contributed by atoms with Gasteiger partial charge >= 0.3 is 0 Å². The number of rotatable bonds is 12. The zero-order valence-corrected chi connectivity index (χ0v) is 12.3. The molecule has 2 N–H and O–H groups in total. The molecule has 0 aliphatic rings. The Labute approximate surface area is 113 Å². The summed E-state index contributed by atoms with van der Waals surface area (Å²) < 4.78 is 0. The van der Waals surface area contributed by atoms with Crippen LogP contribution in [0.1, 0.15) is 71.6 Å². The van der Waals surface area contributed by atoms with Crippen molar-refractivity contribution in [1.29, 1.82) is 0 Å². The van der Waals surface area contributed by atoms with Crippen LogP contribution in [-0.2, 0) is 0 Å². The lowest BCUT2D eigenvalue weighted by Crippen LogP contribution is -2.31. The number of unbranched alkanes of at least 4 members (excludes halogenated alkanes) is 6. The standard InChI is InChI=1S/C15H31N3/c1-4-6-8-9-10-11-13-18(16)15(14-17-3)12-7-5-2/h14H,3-13,16H2,1-2H3/b15-14-. The fraction of sp³-hybridized carbons (Fsp3) is 0.800. The summed E-state index contributed by atoms with van der Waals surface area (Å²) in [5.41, 5.74) is 1.11. The van der Waals surface area contributed by atoms with Gasteiger partial charge < -0.3 is 5.01 Å². The molecule has 0 heterocycles. The zero-order chi connectivity index (χ0) is 13.6. The smallest absolute Gasteiger partial charge is 0.0473 e. The second-order valence-electron chi connectivity index (χ2n) is 4.87. The average Bonchev–Trinajstić information content (AvgIpc) is 2.38. The minimum atomic E-state index is 0.928. The van der Waals surface area contributed by atoms with E-state index in [2.05, 4.69) is 25.6 Å². The quantitative estimate of drug-likeness (QED) is 0.244. The van der Waals surface area contributed by atoms with Gasteiger partial charge in [0, 0.05) is 18.4 Å². The average molecular weight is 253 g/mol. The van der Waals surface area contributed by atoms with Gasteiger partial charge in [0.05, 0.1) is 0 Å². The highest BCUT2D eigenvalue weighted by molar-refractivity contribution is 5.26. The SMILES string of the molecule is C=N/C=C(/CCCC)N(N)CCCCCCCC. The first-order chi connectivity index (χ1) is 8.76. The molecule has 0 aliphatic carbocycles. The molecule has 0 fully saturated rings. The van der Waals surface area contributed by atoms with Gasteiger partial charge in [-0.25, -0.2) is 5.84 Å². The molecule has 18 heavy (non-hydrogen) atoms. The highest BCUT2D eigenvalue weighted by Crippen LogP contribution is 2.12. The highest BCUT2D eigenvalue weighted by Gasteiger charge is 2.04. The lowest BCUT2D eigenvalue weighted by Gasteiger charge is -2.21. The third kappa shape index (κ3) is 9.23. The van der Waals surface area contributed by atoms with Gasteiger partial charge in [-0.05, 0) is 26.0 Å². The fourth-order valence-corrected chi connectivity index (χ4v) is 1.95. The van der Waals surface area contributed by atoms with Crippen molar-refractivity contribution in [2.75, 3.05) is 6.54 Å². The number of hydrogen-bond donors (Lipinski definition) is 1. The van der Waals surface area contributed by atoms with Crippen molar-refractivity contribution >= 4 is 6.72 Å². The minimum absolute atomic E-state index is 0.928. The second kappa shape index (κ2) is 12.6. The van der Waals surface area contributed by atoms with Gasteiger partial charge in [0.15, 0.2) is 0 Å². The van der Waals surface area contributed by atoms with E-state index in [1.165, 1.54) is 44.9 Å². The van der Waals surface area contributed by atoms with Crippen LogP contribution in [0.2, 0.25) is 0 Å². The van der Waals surface area contributed by atoms with Crippen molar-refractivity contribution in [3.05, 3.63) is 11.9 Å². The maximum absolute atomic E-state index is 6.06. The molecule has 0 amide bonds. The van der Waals surface area contributed by atoms with E-state index in [0.717, 1.165) is 25.1 Å². The maximum Gasteiger partial charge on any atom is 0.0473 e. The van der Waals surface area contributed by atoms with Crippen LogP contribution >= 0.6 is 0 Å². The van der Waals surface area contributed by atoms with E-state index in [1.54, 1.807) is 6.20 Å². The molecule has 0 atom stereocenters. The Hall–Kier alpha value is -0.830. The summed E-state index contributed by atoms with van der Waals surface area (Å²) in [5, 5.41) is 1.85. The zero-order valence-electron chi connectivity index (χ0n) is 12.3. The highest BCUT2D eigenvalue weighted by atomic mass is 15.4. The molecule has 0 unspecified atom stereocenters. The minimum Gasteiger partial charge on any atom is -0.314 e. The van der Waals surface area contributed by atoms with Crippen LogP contribution in [0.15, 0.2) is 16.9 Å². The molecular weight excluding hydrogens is 222 g/mol. The Kier molecular flexibility index (Phi) is 12.0.